The second kappa shape index (κ2) is 39.2. The molecule has 2 aliphatic heterocycles. The molecule has 0 bridgehead atoms. The quantitative estimate of drug-likeness (QED) is 0.0226. The number of carboxylic acids is 1. The van der Waals surface area contributed by atoms with E-state index in [9.17, 15) is 48.6 Å². The first-order valence-corrected chi connectivity index (χ1v) is 32.7. The summed E-state index contributed by atoms with van der Waals surface area (Å²) in [5.41, 5.74) is 12.7. The van der Waals surface area contributed by atoms with Crippen LogP contribution in [-0.2, 0) is 49.2 Å². The fourth-order valence-corrected chi connectivity index (χ4v) is 12.0. The van der Waals surface area contributed by atoms with Gasteiger partial charge in [-0.2, -0.15) is 4.58 Å². The Balaban J connectivity index is 1.29. The highest BCUT2D eigenvalue weighted by Crippen LogP contribution is 2.47. The summed E-state index contributed by atoms with van der Waals surface area (Å²) in [5, 5.41) is 38.5. The fraction of sp³-hybridized carbons (Fsp3) is 0.632. The Morgan fingerprint density at radius 2 is 1.17 bits per heavy atom. The van der Waals surface area contributed by atoms with Crippen LogP contribution in [0.25, 0.3) is 0 Å². The molecule has 0 aliphatic carbocycles. The number of aliphatic hydroxyl groups excluding tert-OH is 1. The number of fused-ring (bicyclic) bond motifs is 2. The highest BCUT2D eigenvalue weighted by atomic mass is 16.4. The van der Waals surface area contributed by atoms with Crippen LogP contribution >= 0.6 is 0 Å². The minimum Gasteiger partial charge on any atom is -0.481 e. The minimum absolute atomic E-state index is 0.0165. The van der Waals surface area contributed by atoms with Gasteiger partial charge < -0.3 is 58.1 Å². The Bertz CT molecular complexity index is 2690. The number of likely N-dealkylation sites (N-methyl/N-ethyl adjacent to an activating group) is 1. The van der Waals surface area contributed by atoms with Gasteiger partial charge in [-0.3, -0.25) is 38.4 Å². The number of hydrogen-bond donors (Lipinski definition) is 10. The van der Waals surface area contributed by atoms with Gasteiger partial charge in [0.2, 0.25) is 47.0 Å². The van der Waals surface area contributed by atoms with Gasteiger partial charge in [0, 0.05) is 106 Å². The van der Waals surface area contributed by atoms with Gasteiger partial charge in [-0.1, -0.05) is 134 Å². The maximum Gasteiger partial charge on any atom is 0.305 e. The molecule has 0 aromatic heterocycles. The maximum absolute atomic E-state index is 13.7. The summed E-state index contributed by atoms with van der Waals surface area (Å²) in [5.74, 6) is -4.83. The van der Waals surface area contributed by atoms with Gasteiger partial charge in [-0.05, 0) is 77.1 Å². The summed E-state index contributed by atoms with van der Waals surface area (Å²) in [7, 11) is 0. The Kier molecular flexibility index (Phi) is 32.7. The Morgan fingerprint density at radius 1 is 0.602 bits per heavy atom. The third-order valence-electron chi connectivity index (χ3n) is 16.7. The molecule has 11 N–H and O–H groups in total. The molecule has 0 saturated heterocycles. The number of nitrogens with two attached hydrogens (primary N) is 1. The average Bonchev–Trinajstić information content (AvgIpc) is 2.40. The number of carbonyl (C=O) groups is 8. The molecule has 488 valence electrons. The number of carboxylic acid groups (broad SMARTS) is 1. The van der Waals surface area contributed by atoms with Crippen LogP contribution in [0.3, 0.4) is 0 Å². The Morgan fingerprint density at radius 3 is 1.81 bits per heavy atom. The number of unbranched alkanes of at least 4 members (excludes halogenated alkanes) is 13. The Labute approximate surface area is 523 Å². The molecule has 2 aromatic carbocycles. The molecule has 20 heteroatoms. The first-order valence-electron chi connectivity index (χ1n) is 32.7. The van der Waals surface area contributed by atoms with Crippen molar-refractivity contribution in [3.63, 3.8) is 0 Å². The molecule has 0 fully saturated rings. The molecule has 20 nitrogen and oxygen atoms in total. The van der Waals surface area contributed by atoms with E-state index in [0.717, 1.165) is 51.6 Å². The van der Waals surface area contributed by atoms with E-state index in [0.29, 0.717) is 38.6 Å². The second-order valence-corrected chi connectivity index (χ2v) is 24.7. The van der Waals surface area contributed by atoms with Crippen LogP contribution in [0.4, 0.5) is 11.4 Å². The van der Waals surface area contributed by atoms with Crippen LogP contribution in [0.2, 0.25) is 0 Å². The van der Waals surface area contributed by atoms with Crippen molar-refractivity contribution in [2.45, 2.75) is 231 Å². The van der Waals surface area contributed by atoms with Crippen LogP contribution < -0.4 is 47.9 Å². The molecule has 4 rings (SSSR count). The summed E-state index contributed by atoms with van der Waals surface area (Å²) in [4.78, 5) is 106. The monoisotopic (exact) mass is 1220 g/mol. The lowest BCUT2D eigenvalue weighted by atomic mass is 9.81. The number of hydrogen-bond acceptors (Lipinski definition) is 11. The molecule has 4 atom stereocenters. The predicted molar refractivity (Wildman–Crippen MR) is 347 cm³/mol. The van der Waals surface area contributed by atoms with E-state index in [4.69, 9.17) is 5.73 Å². The maximum atomic E-state index is 13.7. The summed E-state index contributed by atoms with van der Waals surface area (Å²) in [6.07, 6.45) is 21.9. The largest absolute Gasteiger partial charge is 0.481 e. The van der Waals surface area contributed by atoms with E-state index in [1.54, 1.807) is 0 Å². The number of aliphatic hydroxyl groups is 1. The van der Waals surface area contributed by atoms with Crippen molar-refractivity contribution in [3.05, 3.63) is 83.6 Å². The van der Waals surface area contributed by atoms with E-state index >= 15 is 0 Å². The molecule has 0 spiro atoms. The molecule has 88 heavy (non-hydrogen) atoms. The third-order valence-corrected chi connectivity index (χ3v) is 16.7. The van der Waals surface area contributed by atoms with Gasteiger partial charge >= 0.3 is 5.97 Å². The van der Waals surface area contributed by atoms with E-state index in [-0.39, 0.29) is 61.5 Å². The van der Waals surface area contributed by atoms with Crippen molar-refractivity contribution in [1.29, 1.82) is 0 Å². The number of allylic oxidation sites excluding steroid dienone is 4. The molecule has 2 heterocycles. The number of nitrogens with one attached hydrogen (secondary N) is 7. The molecule has 0 radical (unpaired) electrons. The van der Waals surface area contributed by atoms with E-state index in [1.807, 2.05) is 0 Å². The zero-order valence-corrected chi connectivity index (χ0v) is 54.0. The predicted octanol–water partition coefficient (Wildman–Crippen LogP) is 7.66. The number of aliphatic carboxylic acids is 1. The molecule has 0 saturated carbocycles. The van der Waals surface area contributed by atoms with Gasteiger partial charge in [-0.15, -0.1) is 0 Å². The zero-order chi connectivity index (χ0) is 64.5. The van der Waals surface area contributed by atoms with Gasteiger partial charge in [-0.25, -0.2) is 0 Å². The van der Waals surface area contributed by atoms with E-state index < -0.39 is 79.1 Å². The van der Waals surface area contributed by atoms with Crippen molar-refractivity contribution in [2.75, 3.05) is 50.8 Å². The summed E-state index contributed by atoms with van der Waals surface area (Å²) in [6.45, 7) is 16.1. The van der Waals surface area contributed by atoms with Gasteiger partial charge in [0.05, 0.1) is 36.9 Å². The minimum atomic E-state index is -1.47. The first kappa shape index (κ1) is 73.5. The standard InChI is InChI=1S/C68H106N10O10/c1-8-10-11-12-13-14-15-16-17-18-20-38-61(82)72-47-51(73-49(3)80)43-62(83)75-52(48-79)44-63(84)76-55(46-64(85)74-50(45-65(86)87)30-26-27-39-69)66(88)71-41-40-70-60(81)37-21-19-28-42-78-57-34-25-23-32-54(57)68(6,7)59(78)36-29-35-58-67(4,5)53-31-22-24-33-56(53)77(58)9-2/h22-25,29,31-36,50-52,55,79H,8-21,26-28,30,37-48,69H2,1-7H3,(H7-,70,71,72,73,74,75,76,80,81,82,83,84,85,86,87,88)/p+1. The first-order chi connectivity index (χ1) is 42.2. The van der Waals surface area contributed by atoms with Crippen molar-refractivity contribution in [1.82, 2.24) is 37.2 Å². The molecular formula is C68H107N10O10+. The van der Waals surface area contributed by atoms with Crippen LogP contribution in [0, 0.1) is 0 Å². The molecular weight excluding hydrogens is 1120 g/mol. The lowest BCUT2D eigenvalue weighted by Gasteiger charge is -2.25. The van der Waals surface area contributed by atoms with E-state index in [1.165, 1.54) is 85.8 Å². The lowest BCUT2D eigenvalue weighted by Crippen LogP contribution is -2.52. The Hall–Kier alpha value is -6.93. The molecule has 4 unspecified atom stereocenters. The molecule has 2 aromatic rings. The zero-order valence-electron chi connectivity index (χ0n) is 54.0. The van der Waals surface area contributed by atoms with Gasteiger partial charge in [0.15, 0.2) is 5.71 Å². The summed E-state index contributed by atoms with van der Waals surface area (Å²) >= 11 is 0. The van der Waals surface area contributed by atoms with Crippen molar-refractivity contribution < 1.29 is 53.1 Å². The van der Waals surface area contributed by atoms with Gasteiger partial charge in [0.25, 0.3) is 0 Å². The fourth-order valence-electron chi connectivity index (χ4n) is 12.0. The van der Waals surface area contributed by atoms with Crippen molar-refractivity contribution in [2.24, 2.45) is 5.73 Å². The van der Waals surface area contributed by atoms with Crippen LogP contribution in [-0.4, -0.2) is 138 Å². The molecule has 7 amide bonds. The number of benzene rings is 2. The number of anilines is 1. The number of amides is 7. The van der Waals surface area contributed by atoms with Crippen LogP contribution in [0.5, 0.6) is 0 Å². The SMILES string of the molecule is CCCCCCCCCCCCCC(=O)NCC(CC(=O)NC(CO)CC(=O)NC(CC(=O)NC(CCCCN)CC(=O)O)C(=O)NCCNC(=O)CCCCC[N+]1=C(/C=C/C=C2/N(CC)c3ccccc3C2(C)C)C(C)(C)c2ccccc21)NC(C)=O. The highest BCUT2D eigenvalue weighted by Gasteiger charge is 2.44. The number of carbonyl (C=O) groups excluding carboxylic acids is 7. The second-order valence-electron chi connectivity index (χ2n) is 24.7. The van der Waals surface area contributed by atoms with Crippen LogP contribution in [0.1, 0.15) is 207 Å². The van der Waals surface area contributed by atoms with Crippen LogP contribution in [0.15, 0.2) is 72.5 Å². The number of para-hydroxylation sites is 2. The van der Waals surface area contributed by atoms with Crippen molar-refractivity contribution in [3.8, 4) is 0 Å². The molecule has 2 aliphatic rings. The third kappa shape index (κ3) is 24.9. The van der Waals surface area contributed by atoms with Crippen molar-refractivity contribution >= 4 is 64.4 Å². The lowest BCUT2D eigenvalue weighted by molar-refractivity contribution is -0.438. The van der Waals surface area contributed by atoms with E-state index in [2.05, 4.69) is 155 Å². The summed E-state index contributed by atoms with van der Waals surface area (Å²) in [6, 6.07) is 13.0. The smallest absolute Gasteiger partial charge is 0.305 e. The average molecular weight is 1220 g/mol. The topological polar surface area (TPSA) is 293 Å². The number of rotatable bonds is 44. The highest BCUT2D eigenvalue weighted by molar-refractivity contribution is 6.03. The van der Waals surface area contributed by atoms with Gasteiger partial charge in [0.1, 0.15) is 12.6 Å². The number of nitrogens with zero attached hydrogens (tertiary/aromatic N) is 2. The summed E-state index contributed by atoms with van der Waals surface area (Å²) < 4.78 is 2.40. The normalized spacial score (nSPS) is 15.6.